The van der Waals surface area contributed by atoms with Gasteiger partial charge in [0.1, 0.15) is 5.37 Å². The predicted octanol–water partition coefficient (Wildman–Crippen LogP) is 5.80. The minimum atomic E-state index is -4.43. The number of alkyl halides is 3. The van der Waals surface area contributed by atoms with E-state index >= 15 is 0 Å². The van der Waals surface area contributed by atoms with Gasteiger partial charge in [0.25, 0.3) is 5.91 Å². The van der Waals surface area contributed by atoms with Crippen LogP contribution < -0.4 is 10.2 Å². The second-order valence-electron chi connectivity index (χ2n) is 6.53. The molecular formula is C21H15F3N2O2S2. The summed E-state index contributed by atoms with van der Waals surface area (Å²) < 4.78 is 38.5. The highest BCUT2D eigenvalue weighted by Gasteiger charge is 2.35. The van der Waals surface area contributed by atoms with Crippen molar-refractivity contribution >= 4 is 46.3 Å². The van der Waals surface area contributed by atoms with Gasteiger partial charge in [-0.15, -0.1) is 23.1 Å². The number of carbonyl (C=O) groups is 2. The lowest BCUT2D eigenvalue weighted by Gasteiger charge is -2.25. The fourth-order valence-electron chi connectivity index (χ4n) is 3.13. The molecule has 1 aliphatic heterocycles. The van der Waals surface area contributed by atoms with Crippen LogP contribution in [0.25, 0.3) is 0 Å². The van der Waals surface area contributed by atoms with E-state index in [1.807, 2.05) is 11.4 Å². The molecule has 0 spiro atoms. The Kier molecular flexibility index (Phi) is 5.57. The zero-order valence-electron chi connectivity index (χ0n) is 15.3. The largest absolute Gasteiger partial charge is 0.416 e. The Bertz CT molecular complexity index is 1070. The molecule has 0 bridgehead atoms. The van der Waals surface area contributed by atoms with Crippen LogP contribution in [0.4, 0.5) is 24.5 Å². The van der Waals surface area contributed by atoms with Gasteiger partial charge in [-0.25, -0.2) is 0 Å². The summed E-state index contributed by atoms with van der Waals surface area (Å²) in [4.78, 5) is 26.8. The summed E-state index contributed by atoms with van der Waals surface area (Å²) in [5, 5.41) is 4.25. The molecule has 30 heavy (non-hydrogen) atoms. The van der Waals surface area contributed by atoms with E-state index in [9.17, 15) is 22.8 Å². The van der Waals surface area contributed by atoms with Gasteiger partial charge >= 0.3 is 6.18 Å². The molecule has 9 heteroatoms. The summed E-state index contributed by atoms with van der Waals surface area (Å²) in [6.45, 7) is 0. The van der Waals surface area contributed by atoms with Gasteiger partial charge < -0.3 is 5.32 Å². The van der Waals surface area contributed by atoms with Crippen LogP contribution >= 0.6 is 23.1 Å². The van der Waals surface area contributed by atoms with Gasteiger partial charge in [-0.2, -0.15) is 13.2 Å². The SMILES string of the molecule is O=C(Nc1cccc(C2SCC(=O)N2c2ccc(C(F)(F)F)cc2)c1)c1cccs1. The summed E-state index contributed by atoms with van der Waals surface area (Å²) in [5.74, 6) is -0.188. The van der Waals surface area contributed by atoms with E-state index in [-0.39, 0.29) is 17.6 Å². The number of carbonyl (C=O) groups excluding carboxylic acids is 2. The molecule has 1 aliphatic rings. The molecule has 1 atom stereocenters. The first-order valence-corrected chi connectivity index (χ1v) is 10.8. The third kappa shape index (κ3) is 4.22. The number of hydrogen-bond acceptors (Lipinski definition) is 4. The number of nitrogens with zero attached hydrogens (tertiary/aromatic N) is 1. The third-order valence-corrected chi connectivity index (χ3v) is 6.60. The molecule has 2 amide bonds. The monoisotopic (exact) mass is 448 g/mol. The number of benzene rings is 2. The van der Waals surface area contributed by atoms with E-state index in [2.05, 4.69) is 5.32 Å². The van der Waals surface area contributed by atoms with E-state index in [1.165, 1.54) is 40.1 Å². The first kappa shape index (κ1) is 20.5. The van der Waals surface area contributed by atoms with Crippen molar-refractivity contribution in [2.75, 3.05) is 16.0 Å². The number of thioether (sulfide) groups is 1. The lowest BCUT2D eigenvalue weighted by atomic mass is 10.1. The molecule has 1 unspecified atom stereocenters. The number of halogens is 3. The topological polar surface area (TPSA) is 49.4 Å². The number of thiophene rings is 1. The van der Waals surface area contributed by atoms with Crippen molar-refractivity contribution in [2.24, 2.45) is 0 Å². The van der Waals surface area contributed by atoms with Crippen LogP contribution in [0.5, 0.6) is 0 Å². The highest BCUT2D eigenvalue weighted by molar-refractivity contribution is 8.00. The second kappa shape index (κ2) is 8.16. The average molecular weight is 448 g/mol. The lowest BCUT2D eigenvalue weighted by Crippen LogP contribution is -2.28. The molecule has 1 aromatic heterocycles. The van der Waals surface area contributed by atoms with Crippen molar-refractivity contribution in [1.82, 2.24) is 0 Å². The first-order chi connectivity index (χ1) is 14.3. The maximum absolute atomic E-state index is 12.8. The number of rotatable bonds is 4. The van der Waals surface area contributed by atoms with Crippen LogP contribution in [0.15, 0.2) is 66.0 Å². The van der Waals surface area contributed by atoms with Crippen molar-refractivity contribution in [3.05, 3.63) is 82.0 Å². The maximum atomic E-state index is 12.8. The Morgan fingerprint density at radius 3 is 2.50 bits per heavy atom. The van der Waals surface area contributed by atoms with Crippen LogP contribution in [0.1, 0.15) is 26.2 Å². The fourth-order valence-corrected chi connectivity index (χ4v) is 4.92. The molecule has 2 aromatic carbocycles. The van der Waals surface area contributed by atoms with Gasteiger partial charge in [-0.3, -0.25) is 14.5 Å². The predicted molar refractivity (Wildman–Crippen MR) is 113 cm³/mol. The van der Waals surface area contributed by atoms with Crippen molar-refractivity contribution in [1.29, 1.82) is 0 Å². The molecule has 0 radical (unpaired) electrons. The Labute approximate surface area is 178 Å². The Morgan fingerprint density at radius 2 is 1.83 bits per heavy atom. The van der Waals surface area contributed by atoms with E-state index < -0.39 is 17.1 Å². The molecule has 4 nitrogen and oxygen atoms in total. The minimum absolute atomic E-state index is 0.183. The summed E-state index contributed by atoms with van der Waals surface area (Å²) in [5.41, 5.74) is 0.990. The summed E-state index contributed by atoms with van der Waals surface area (Å²) >= 11 is 2.72. The molecule has 2 heterocycles. The molecule has 1 saturated heterocycles. The summed E-state index contributed by atoms with van der Waals surface area (Å²) in [7, 11) is 0. The molecule has 1 N–H and O–H groups in total. The number of amides is 2. The Balaban J connectivity index is 1.58. The molecule has 4 rings (SSSR count). The normalized spacial score (nSPS) is 16.7. The summed E-state index contributed by atoms with van der Waals surface area (Å²) in [6, 6.07) is 15.2. The highest BCUT2D eigenvalue weighted by atomic mass is 32.2. The number of anilines is 2. The minimum Gasteiger partial charge on any atom is -0.321 e. The average Bonchev–Trinajstić information content (AvgIpc) is 3.38. The molecular weight excluding hydrogens is 433 g/mol. The molecule has 0 aliphatic carbocycles. The van der Waals surface area contributed by atoms with E-state index in [0.717, 1.165) is 17.7 Å². The lowest BCUT2D eigenvalue weighted by molar-refractivity contribution is -0.137. The summed E-state index contributed by atoms with van der Waals surface area (Å²) in [6.07, 6.45) is -4.43. The highest BCUT2D eigenvalue weighted by Crippen LogP contribution is 2.43. The Morgan fingerprint density at radius 1 is 1.07 bits per heavy atom. The molecule has 1 fully saturated rings. The van der Waals surface area contributed by atoms with Gasteiger partial charge in [-0.05, 0) is 53.4 Å². The first-order valence-electron chi connectivity index (χ1n) is 8.89. The van der Waals surface area contributed by atoms with Crippen molar-refractivity contribution in [3.63, 3.8) is 0 Å². The van der Waals surface area contributed by atoms with Crippen LogP contribution in [0, 0.1) is 0 Å². The molecule has 3 aromatic rings. The smallest absolute Gasteiger partial charge is 0.321 e. The maximum Gasteiger partial charge on any atom is 0.416 e. The van der Waals surface area contributed by atoms with Crippen LogP contribution in [0.2, 0.25) is 0 Å². The van der Waals surface area contributed by atoms with Gasteiger partial charge in [0.2, 0.25) is 5.91 Å². The van der Waals surface area contributed by atoms with Crippen molar-refractivity contribution < 1.29 is 22.8 Å². The number of nitrogens with one attached hydrogen (secondary N) is 1. The standard InChI is InChI=1S/C21H15F3N2O2S2/c22-21(23,24)14-6-8-16(9-7-14)26-18(27)12-30-20(26)13-3-1-4-15(11-13)25-19(28)17-5-2-10-29-17/h1-11,20H,12H2,(H,25,28). The van der Waals surface area contributed by atoms with E-state index in [4.69, 9.17) is 0 Å². The molecule has 154 valence electrons. The van der Waals surface area contributed by atoms with Crippen molar-refractivity contribution in [3.8, 4) is 0 Å². The zero-order chi connectivity index (χ0) is 21.3. The molecule has 0 saturated carbocycles. The van der Waals surface area contributed by atoms with Crippen molar-refractivity contribution in [2.45, 2.75) is 11.6 Å². The van der Waals surface area contributed by atoms with Gasteiger partial charge in [0, 0.05) is 11.4 Å². The van der Waals surface area contributed by atoms with Gasteiger partial charge in [0.15, 0.2) is 0 Å². The third-order valence-electron chi connectivity index (χ3n) is 4.52. The van der Waals surface area contributed by atoms with Gasteiger partial charge in [-0.1, -0.05) is 18.2 Å². The van der Waals surface area contributed by atoms with Gasteiger partial charge in [0.05, 0.1) is 16.2 Å². The van der Waals surface area contributed by atoms with Crippen LogP contribution in [-0.4, -0.2) is 17.6 Å². The second-order valence-corrected chi connectivity index (χ2v) is 8.54. The Hall–Kier alpha value is -2.78. The van der Waals surface area contributed by atoms with Crippen LogP contribution in [-0.2, 0) is 11.0 Å². The fraction of sp³-hybridized carbons (Fsp3) is 0.143. The van der Waals surface area contributed by atoms with E-state index in [0.29, 0.717) is 16.3 Å². The zero-order valence-corrected chi connectivity index (χ0v) is 17.0. The van der Waals surface area contributed by atoms with Crippen LogP contribution in [0.3, 0.4) is 0 Å². The number of hydrogen-bond donors (Lipinski definition) is 1. The van der Waals surface area contributed by atoms with E-state index in [1.54, 1.807) is 30.3 Å². The quantitative estimate of drug-likeness (QED) is 0.549.